The molecular formula is C16H27NO4. The average Bonchev–Trinajstić information content (AvgIpc) is 2.51. The highest BCUT2D eigenvalue weighted by atomic mass is 16.6. The Kier molecular flexibility index (Phi) is 5.93. The number of hydrogen-bond acceptors (Lipinski definition) is 4. The van der Waals surface area contributed by atoms with Gasteiger partial charge in [-0.05, 0) is 47.5 Å². The number of carbonyl (C=O) groups is 3. The summed E-state index contributed by atoms with van der Waals surface area (Å²) in [6, 6.07) is -0.377. The molecule has 1 heterocycles. The van der Waals surface area contributed by atoms with Crippen LogP contribution in [0.5, 0.6) is 0 Å². The predicted octanol–water partition coefficient (Wildman–Crippen LogP) is 2.96. The van der Waals surface area contributed by atoms with E-state index in [0.717, 1.165) is 19.3 Å². The van der Waals surface area contributed by atoms with Crippen molar-refractivity contribution < 1.29 is 19.1 Å². The van der Waals surface area contributed by atoms with Gasteiger partial charge in [-0.15, -0.1) is 0 Å². The topological polar surface area (TPSA) is 63.7 Å². The van der Waals surface area contributed by atoms with Crippen molar-refractivity contribution in [2.45, 2.75) is 71.9 Å². The number of ether oxygens (including phenoxy) is 1. The first-order valence-corrected chi connectivity index (χ1v) is 7.64. The van der Waals surface area contributed by atoms with Gasteiger partial charge in [0.05, 0.1) is 12.0 Å². The van der Waals surface area contributed by atoms with Crippen LogP contribution < -0.4 is 0 Å². The fourth-order valence-corrected chi connectivity index (χ4v) is 2.86. The van der Waals surface area contributed by atoms with Crippen molar-refractivity contribution in [2.24, 2.45) is 5.92 Å². The molecule has 1 fully saturated rings. The van der Waals surface area contributed by atoms with Crippen molar-refractivity contribution in [1.29, 1.82) is 0 Å². The number of ketones is 2. The molecule has 5 heteroatoms. The molecule has 0 aromatic heterocycles. The van der Waals surface area contributed by atoms with E-state index in [1.54, 1.807) is 4.90 Å². The Bertz CT molecular complexity index is 397. The van der Waals surface area contributed by atoms with E-state index in [-0.39, 0.29) is 17.6 Å². The number of rotatable bonds is 3. The highest BCUT2D eigenvalue weighted by Crippen LogP contribution is 2.26. The third-order valence-corrected chi connectivity index (χ3v) is 3.69. The monoisotopic (exact) mass is 297 g/mol. The highest BCUT2D eigenvalue weighted by molar-refractivity contribution is 6.01. The van der Waals surface area contributed by atoms with Gasteiger partial charge < -0.3 is 9.64 Å². The van der Waals surface area contributed by atoms with Gasteiger partial charge in [-0.2, -0.15) is 0 Å². The molecule has 120 valence electrons. The van der Waals surface area contributed by atoms with Gasteiger partial charge in [0.1, 0.15) is 17.2 Å². The Labute approximate surface area is 127 Å². The minimum atomic E-state index is -0.740. The van der Waals surface area contributed by atoms with Crippen molar-refractivity contribution in [3.05, 3.63) is 0 Å². The van der Waals surface area contributed by atoms with E-state index in [1.807, 2.05) is 20.8 Å². The quantitative estimate of drug-likeness (QED) is 0.751. The van der Waals surface area contributed by atoms with Crippen LogP contribution in [-0.2, 0) is 14.3 Å². The fraction of sp³-hybridized carbons (Fsp3) is 0.812. The highest BCUT2D eigenvalue weighted by Gasteiger charge is 2.38. The first-order valence-electron chi connectivity index (χ1n) is 7.64. The maximum Gasteiger partial charge on any atom is 0.410 e. The molecule has 0 saturated carbocycles. The van der Waals surface area contributed by atoms with Crippen LogP contribution in [0.15, 0.2) is 0 Å². The Hall–Kier alpha value is -1.39. The van der Waals surface area contributed by atoms with E-state index in [9.17, 15) is 14.4 Å². The third-order valence-electron chi connectivity index (χ3n) is 3.69. The summed E-state index contributed by atoms with van der Waals surface area (Å²) in [5, 5.41) is 0. The van der Waals surface area contributed by atoms with Gasteiger partial charge in [0, 0.05) is 6.54 Å². The molecule has 0 N–H and O–H groups in total. The minimum Gasteiger partial charge on any atom is -0.444 e. The van der Waals surface area contributed by atoms with E-state index < -0.39 is 17.6 Å². The Morgan fingerprint density at radius 1 is 1.05 bits per heavy atom. The largest absolute Gasteiger partial charge is 0.444 e. The number of nitrogens with zero attached hydrogens (tertiary/aromatic N) is 1. The van der Waals surface area contributed by atoms with Crippen LogP contribution in [0.4, 0.5) is 4.79 Å². The zero-order valence-electron chi connectivity index (χ0n) is 13.8. The second kappa shape index (κ2) is 7.05. The lowest BCUT2D eigenvalue weighted by Crippen LogP contribution is -2.49. The molecule has 0 aliphatic carbocycles. The Morgan fingerprint density at radius 2 is 1.62 bits per heavy atom. The number of hydrogen-bond donors (Lipinski definition) is 0. The van der Waals surface area contributed by atoms with E-state index >= 15 is 0 Å². The average molecular weight is 297 g/mol. The molecule has 0 radical (unpaired) electrons. The lowest BCUT2D eigenvalue weighted by atomic mass is 9.88. The van der Waals surface area contributed by atoms with Crippen LogP contribution in [-0.4, -0.2) is 40.7 Å². The molecular weight excluding hydrogens is 270 g/mol. The summed E-state index contributed by atoms with van der Waals surface area (Å²) in [5.41, 5.74) is -0.587. The molecule has 1 atom stereocenters. The second-order valence-electron chi connectivity index (χ2n) is 6.79. The fourth-order valence-electron chi connectivity index (χ4n) is 2.86. The number of amides is 1. The standard InChI is InChI=1S/C16H27NO4/c1-11(18)14(12(2)19)13-9-7-6-8-10-17(13)15(20)21-16(3,4)5/h13-14H,6-10H2,1-5H3. The molecule has 0 aromatic rings. The van der Waals surface area contributed by atoms with Crippen molar-refractivity contribution in [2.75, 3.05) is 6.54 Å². The van der Waals surface area contributed by atoms with Gasteiger partial charge in [-0.1, -0.05) is 12.8 Å². The first kappa shape index (κ1) is 17.7. The minimum absolute atomic E-state index is 0.178. The summed E-state index contributed by atoms with van der Waals surface area (Å²) < 4.78 is 5.44. The van der Waals surface area contributed by atoms with Crippen molar-refractivity contribution >= 4 is 17.7 Å². The van der Waals surface area contributed by atoms with Crippen LogP contribution in [0.1, 0.15) is 60.3 Å². The van der Waals surface area contributed by atoms with Gasteiger partial charge in [0.25, 0.3) is 0 Å². The zero-order valence-corrected chi connectivity index (χ0v) is 13.8. The van der Waals surface area contributed by atoms with Gasteiger partial charge >= 0.3 is 6.09 Å². The SMILES string of the molecule is CC(=O)C(C(C)=O)C1CCCCCN1C(=O)OC(C)(C)C. The first-order chi connectivity index (χ1) is 9.63. The summed E-state index contributed by atoms with van der Waals surface area (Å²) in [6.45, 7) is 8.81. The lowest BCUT2D eigenvalue weighted by molar-refractivity contribution is -0.133. The van der Waals surface area contributed by atoms with Gasteiger partial charge in [0.2, 0.25) is 0 Å². The number of Topliss-reactive ketones (excluding diaryl/α,β-unsaturated/α-hetero) is 2. The van der Waals surface area contributed by atoms with Crippen molar-refractivity contribution in [1.82, 2.24) is 4.90 Å². The van der Waals surface area contributed by atoms with Crippen molar-refractivity contribution in [3.8, 4) is 0 Å². The lowest BCUT2D eigenvalue weighted by Gasteiger charge is -2.35. The summed E-state index contributed by atoms with van der Waals surface area (Å²) in [5.74, 6) is -1.10. The van der Waals surface area contributed by atoms with Gasteiger partial charge in [0.15, 0.2) is 0 Å². The molecule has 1 amide bonds. The molecule has 21 heavy (non-hydrogen) atoms. The Balaban J connectivity index is 3.02. The van der Waals surface area contributed by atoms with Crippen LogP contribution >= 0.6 is 0 Å². The van der Waals surface area contributed by atoms with Crippen molar-refractivity contribution in [3.63, 3.8) is 0 Å². The number of likely N-dealkylation sites (tertiary alicyclic amines) is 1. The van der Waals surface area contributed by atoms with Crippen LogP contribution in [0.25, 0.3) is 0 Å². The summed E-state index contributed by atoms with van der Waals surface area (Å²) in [6.07, 6.45) is 3.03. The van der Waals surface area contributed by atoms with Crippen LogP contribution in [0, 0.1) is 5.92 Å². The zero-order chi connectivity index (χ0) is 16.2. The smallest absolute Gasteiger partial charge is 0.410 e. The van der Waals surface area contributed by atoms with Crippen LogP contribution in [0.2, 0.25) is 0 Å². The van der Waals surface area contributed by atoms with E-state index in [4.69, 9.17) is 4.74 Å². The Morgan fingerprint density at radius 3 is 2.10 bits per heavy atom. The maximum atomic E-state index is 12.4. The summed E-state index contributed by atoms with van der Waals surface area (Å²) in [7, 11) is 0. The van der Waals surface area contributed by atoms with E-state index in [2.05, 4.69) is 0 Å². The maximum absolute atomic E-state index is 12.4. The van der Waals surface area contributed by atoms with Gasteiger partial charge in [-0.25, -0.2) is 4.79 Å². The molecule has 0 bridgehead atoms. The normalized spacial score (nSPS) is 20.1. The second-order valence-corrected chi connectivity index (χ2v) is 6.79. The van der Waals surface area contributed by atoms with E-state index in [0.29, 0.717) is 13.0 Å². The molecule has 1 saturated heterocycles. The number of carbonyl (C=O) groups excluding carboxylic acids is 3. The molecule has 1 aliphatic heterocycles. The molecule has 1 aliphatic rings. The summed E-state index contributed by atoms with van der Waals surface area (Å²) >= 11 is 0. The van der Waals surface area contributed by atoms with E-state index in [1.165, 1.54) is 13.8 Å². The molecule has 0 spiro atoms. The third kappa shape index (κ3) is 5.14. The molecule has 0 aromatic carbocycles. The predicted molar refractivity (Wildman–Crippen MR) is 80.0 cm³/mol. The molecule has 1 unspecified atom stereocenters. The molecule has 5 nitrogen and oxygen atoms in total. The summed E-state index contributed by atoms with van der Waals surface area (Å²) in [4.78, 5) is 37.7. The van der Waals surface area contributed by atoms with Crippen LogP contribution in [0.3, 0.4) is 0 Å². The van der Waals surface area contributed by atoms with Gasteiger partial charge in [-0.3, -0.25) is 9.59 Å². The molecule has 1 rings (SSSR count).